The highest BCUT2D eigenvalue weighted by atomic mass is 35.5. The lowest BCUT2D eigenvalue weighted by Crippen LogP contribution is -2.02. The van der Waals surface area contributed by atoms with Gasteiger partial charge in [-0.3, -0.25) is 4.79 Å². The van der Waals surface area contributed by atoms with Gasteiger partial charge in [0.25, 0.3) is 5.22 Å². The molecule has 0 unspecified atom stereocenters. The van der Waals surface area contributed by atoms with E-state index in [0.717, 1.165) is 11.3 Å². The zero-order chi connectivity index (χ0) is 15.5. The van der Waals surface area contributed by atoms with Crippen LogP contribution in [-0.2, 0) is 0 Å². The summed E-state index contributed by atoms with van der Waals surface area (Å²) in [5, 5.41) is 1.05. The third-order valence-corrected chi connectivity index (χ3v) is 4.13. The number of halogens is 1. The Kier molecular flexibility index (Phi) is 4.36. The molecule has 0 bridgehead atoms. The van der Waals surface area contributed by atoms with E-state index in [1.54, 1.807) is 49.6 Å². The Hall–Kier alpha value is -1.98. The first-order valence-electron chi connectivity index (χ1n) is 6.52. The first-order valence-corrected chi connectivity index (χ1v) is 7.88. The Morgan fingerprint density at radius 2 is 2.05 bits per heavy atom. The van der Waals surface area contributed by atoms with Gasteiger partial charge >= 0.3 is 0 Å². The van der Waals surface area contributed by atoms with E-state index in [0.29, 0.717) is 21.4 Å². The van der Waals surface area contributed by atoms with Crippen LogP contribution in [0.2, 0.25) is 5.02 Å². The highest BCUT2D eigenvalue weighted by Gasteiger charge is 2.11. The van der Waals surface area contributed by atoms with Crippen LogP contribution in [0, 0.1) is 0 Å². The maximum atomic E-state index is 12.1. The van der Waals surface area contributed by atoms with Crippen molar-refractivity contribution >= 4 is 40.2 Å². The molecule has 1 heterocycles. The molecule has 2 aromatic carbocycles. The molecule has 22 heavy (non-hydrogen) atoms. The van der Waals surface area contributed by atoms with E-state index in [2.05, 4.69) is 4.98 Å². The standard InChI is InChI=1S/C16H12ClNO3S/c1-20-12-5-2-10(3-6-12)14(19)9-22-16-18-13-7-4-11(17)8-15(13)21-16/h2-8H,9H2,1H3. The predicted molar refractivity (Wildman–Crippen MR) is 87.1 cm³/mol. The van der Waals surface area contributed by atoms with Crippen LogP contribution in [-0.4, -0.2) is 23.6 Å². The van der Waals surface area contributed by atoms with Crippen molar-refractivity contribution < 1.29 is 13.9 Å². The summed E-state index contributed by atoms with van der Waals surface area (Å²) < 4.78 is 10.6. The average Bonchev–Trinajstić information content (AvgIpc) is 2.94. The Morgan fingerprint density at radius 3 is 2.77 bits per heavy atom. The van der Waals surface area contributed by atoms with E-state index in [9.17, 15) is 4.79 Å². The second kappa shape index (κ2) is 6.42. The number of methoxy groups -OCH3 is 1. The number of hydrogen-bond acceptors (Lipinski definition) is 5. The normalized spacial score (nSPS) is 10.8. The molecular formula is C16H12ClNO3S. The molecule has 0 spiro atoms. The van der Waals surface area contributed by atoms with Crippen LogP contribution < -0.4 is 4.74 Å². The summed E-state index contributed by atoms with van der Waals surface area (Å²) in [4.78, 5) is 16.4. The van der Waals surface area contributed by atoms with E-state index in [-0.39, 0.29) is 11.5 Å². The molecule has 0 radical (unpaired) electrons. The molecule has 3 aromatic rings. The van der Waals surface area contributed by atoms with E-state index in [4.69, 9.17) is 20.8 Å². The zero-order valence-electron chi connectivity index (χ0n) is 11.7. The van der Waals surface area contributed by atoms with Gasteiger partial charge in [-0.1, -0.05) is 23.4 Å². The van der Waals surface area contributed by atoms with Gasteiger partial charge in [0.15, 0.2) is 11.4 Å². The van der Waals surface area contributed by atoms with Crippen LogP contribution >= 0.6 is 23.4 Å². The zero-order valence-corrected chi connectivity index (χ0v) is 13.3. The van der Waals surface area contributed by atoms with Gasteiger partial charge in [0.2, 0.25) is 0 Å². The first-order chi connectivity index (χ1) is 10.7. The smallest absolute Gasteiger partial charge is 0.257 e. The fourth-order valence-electron chi connectivity index (χ4n) is 1.93. The van der Waals surface area contributed by atoms with Crippen molar-refractivity contribution in [3.8, 4) is 5.75 Å². The molecule has 3 rings (SSSR count). The molecule has 0 aliphatic heterocycles. The second-order valence-corrected chi connectivity index (χ2v) is 5.90. The summed E-state index contributed by atoms with van der Waals surface area (Å²) in [6.07, 6.45) is 0. The highest BCUT2D eigenvalue weighted by Crippen LogP contribution is 2.26. The maximum absolute atomic E-state index is 12.1. The second-order valence-electron chi connectivity index (χ2n) is 4.53. The summed E-state index contributed by atoms with van der Waals surface area (Å²) in [5.41, 5.74) is 1.98. The third kappa shape index (κ3) is 3.26. The topological polar surface area (TPSA) is 52.3 Å². The van der Waals surface area contributed by atoms with Gasteiger partial charge in [-0.25, -0.2) is 4.98 Å². The molecule has 0 aliphatic carbocycles. The monoisotopic (exact) mass is 333 g/mol. The van der Waals surface area contributed by atoms with Gasteiger partial charge in [-0.05, 0) is 36.4 Å². The molecule has 112 valence electrons. The van der Waals surface area contributed by atoms with Crippen LogP contribution in [0.4, 0.5) is 0 Å². The van der Waals surface area contributed by atoms with E-state index in [1.807, 2.05) is 0 Å². The van der Waals surface area contributed by atoms with Crippen molar-refractivity contribution in [3.63, 3.8) is 0 Å². The predicted octanol–water partition coefficient (Wildman–Crippen LogP) is 4.46. The minimum absolute atomic E-state index is 0.00735. The highest BCUT2D eigenvalue weighted by molar-refractivity contribution is 7.99. The number of thioether (sulfide) groups is 1. The largest absolute Gasteiger partial charge is 0.497 e. The first kappa shape index (κ1) is 14.9. The number of oxazole rings is 1. The molecule has 0 saturated heterocycles. The Morgan fingerprint density at radius 1 is 1.27 bits per heavy atom. The van der Waals surface area contributed by atoms with Crippen molar-refractivity contribution in [2.45, 2.75) is 5.22 Å². The fourth-order valence-corrected chi connectivity index (χ4v) is 2.82. The van der Waals surface area contributed by atoms with E-state index < -0.39 is 0 Å². The lowest BCUT2D eigenvalue weighted by molar-refractivity contribution is 0.102. The lowest BCUT2D eigenvalue weighted by atomic mass is 10.1. The Bertz CT molecular complexity index is 814. The average molecular weight is 334 g/mol. The van der Waals surface area contributed by atoms with Crippen LogP contribution in [0.25, 0.3) is 11.1 Å². The van der Waals surface area contributed by atoms with Crippen molar-refractivity contribution in [2.75, 3.05) is 12.9 Å². The number of rotatable bonds is 5. The number of carbonyl (C=O) groups excluding carboxylic acids is 1. The SMILES string of the molecule is COc1ccc(C(=O)CSc2nc3ccc(Cl)cc3o2)cc1. The van der Waals surface area contributed by atoms with E-state index >= 15 is 0 Å². The number of ketones is 1. The third-order valence-electron chi connectivity index (χ3n) is 3.07. The van der Waals surface area contributed by atoms with Gasteiger partial charge in [-0.2, -0.15) is 0 Å². The number of carbonyl (C=O) groups is 1. The van der Waals surface area contributed by atoms with Gasteiger partial charge in [0.05, 0.1) is 12.9 Å². The molecular weight excluding hydrogens is 322 g/mol. The molecule has 4 nitrogen and oxygen atoms in total. The molecule has 0 N–H and O–H groups in total. The minimum atomic E-state index is 0.00735. The number of Topliss-reactive ketones (excluding diaryl/α,β-unsaturated/α-hetero) is 1. The fraction of sp³-hybridized carbons (Fsp3) is 0.125. The number of nitrogens with zero attached hydrogens (tertiary/aromatic N) is 1. The van der Waals surface area contributed by atoms with Crippen LogP contribution in [0.1, 0.15) is 10.4 Å². The minimum Gasteiger partial charge on any atom is -0.497 e. The number of benzene rings is 2. The number of fused-ring (bicyclic) bond motifs is 1. The quantitative estimate of drug-likeness (QED) is 0.509. The molecule has 1 aromatic heterocycles. The van der Waals surface area contributed by atoms with Gasteiger partial charge < -0.3 is 9.15 Å². The van der Waals surface area contributed by atoms with Crippen molar-refractivity contribution in [2.24, 2.45) is 0 Å². The molecule has 0 saturated carbocycles. The Labute approximate surface area is 136 Å². The molecule has 0 atom stereocenters. The van der Waals surface area contributed by atoms with Gasteiger partial charge in [0.1, 0.15) is 11.3 Å². The van der Waals surface area contributed by atoms with Gasteiger partial charge in [0, 0.05) is 16.7 Å². The van der Waals surface area contributed by atoms with Crippen LogP contribution in [0.5, 0.6) is 5.75 Å². The summed E-state index contributed by atoms with van der Waals surface area (Å²) in [7, 11) is 1.59. The van der Waals surface area contributed by atoms with Crippen molar-refractivity contribution in [1.82, 2.24) is 4.98 Å². The van der Waals surface area contributed by atoms with Crippen LogP contribution in [0.15, 0.2) is 52.1 Å². The molecule has 0 aliphatic rings. The lowest BCUT2D eigenvalue weighted by Gasteiger charge is -2.01. The van der Waals surface area contributed by atoms with E-state index in [1.165, 1.54) is 11.8 Å². The number of ether oxygens (including phenoxy) is 1. The van der Waals surface area contributed by atoms with Crippen molar-refractivity contribution in [1.29, 1.82) is 0 Å². The van der Waals surface area contributed by atoms with Crippen molar-refractivity contribution in [3.05, 3.63) is 53.1 Å². The molecule has 0 fully saturated rings. The maximum Gasteiger partial charge on any atom is 0.257 e. The molecule has 6 heteroatoms. The number of aromatic nitrogens is 1. The molecule has 0 amide bonds. The Balaban J connectivity index is 1.68. The summed E-state index contributed by atoms with van der Waals surface area (Å²) in [6, 6.07) is 12.3. The summed E-state index contributed by atoms with van der Waals surface area (Å²) in [6.45, 7) is 0. The summed E-state index contributed by atoms with van der Waals surface area (Å²) >= 11 is 7.16. The van der Waals surface area contributed by atoms with Crippen LogP contribution in [0.3, 0.4) is 0 Å². The number of hydrogen-bond donors (Lipinski definition) is 0. The summed E-state index contributed by atoms with van der Waals surface area (Å²) in [5.74, 6) is 0.986. The van der Waals surface area contributed by atoms with Gasteiger partial charge in [-0.15, -0.1) is 0 Å².